The molecule has 0 aromatic heterocycles. The Morgan fingerprint density at radius 2 is 1.95 bits per heavy atom. The number of unbranched alkanes of at least 4 members (excludes halogenated alkanes) is 1. The fourth-order valence-electron chi connectivity index (χ4n) is 3.53. The molecule has 0 atom stereocenters. The van der Waals surface area contributed by atoms with Gasteiger partial charge in [-0.05, 0) is 55.1 Å². The van der Waals surface area contributed by atoms with Gasteiger partial charge in [0.2, 0.25) is 0 Å². The fraction of sp³-hybridized carbons (Fsp3) is 0.667. The van der Waals surface area contributed by atoms with E-state index in [4.69, 9.17) is 0 Å². The SMILES string of the molecule is CCCCC1CCC(CO)(Cc2ccc(F)cc2F)CC1. The van der Waals surface area contributed by atoms with Crippen LogP contribution in [0.3, 0.4) is 0 Å². The van der Waals surface area contributed by atoms with Gasteiger partial charge in [-0.2, -0.15) is 0 Å². The van der Waals surface area contributed by atoms with Gasteiger partial charge in [0.15, 0.2) is 0 Å². The highest BCUT2D eigenvalue weighted by molar-refractivity contribution is 5.20. The molecular formula is C18H26F2O. The topological polar surface area (TPSA) is 20.2 Å². The zero-order valence-electron chi connectivity index (χ0n) is 12.9. The second-order valence-corrected chi connectivity index (χ2v) is 6.66. The van der Waals surface area contributed by atoms with Crippen LogP contribution in [0.1, 0.15) is 57.4 Å². The lowest BCUT2D eigenvalue weighted by Gasteiger charge is -2.39. The van der Waals surface area contributed by atoms with Gasteiger partial charge in [0.1, 0.15) is 11.6 Å². The molecule has 1 aromatic carbocycles. The molecule has 0 unspecified atom stereocenters. The molecule has 0 spiro atoms. The van der Waals surface area contributed by atoms with Gasteiger partial charge in [-0.15, -0.1) is 0 Å². The van der Waals surface area contributed by atoms with Crippen molar-refractivity contribution >= 4 is 0 Å². The molecular weight excluding hydrogens is 270 g/mol. The van der Waals surface area contributed by atoms with Crippen LogP contribution in [0.2, 0.25) is 0 Å². The molecule has 118 valence electrons. The van der Waals surface area contributed by atoms with Crippen LogP contribution >= 0.6 is 0 Å². The van der Waals surface area contributed by atoms with E-state index < -0.39 is 11.6 Å². The van der Waals surface area contributed by atoms with Crippen LogP contribution in [0.4, 0.5) is 8.78 Å². The van der Waals surface area contributed by atoms with Gasteiger partial charge in [-0.1, -0.05) is 32.3 Å². The molecule has 0 radical (unpaired) electrons. The summed E-state index contributed by atoms with van der Waals surface area (Å²) in [6.07, 6.45) is 8.38. The minimum absolute atomic E-state index is 0.0876. The van der Waals surface area contributed by atoms with Gasteiger partial charge >= 0.3 is 0 Å². The van der Waals surface area contributed by atoms with Gasteiger partial charge in [0, 0.05) is 12.7 Å². The molecule has 1 nitrogen and oxygen atoms in total. The quantitative estimate of drug-likeness (QED) is 0.794. The van der Waals surface area contributed by atoms with E-state index >= 15 is 0 Å². The van der Waals surface area contributed by atoms with Crippen LogP contribution in [0, 0.1) is 23.0 Å². The maximum Gasteiger partial charge on any atom is 0.129 e. The van der Waals surface area contributed by atoms with Gasteiger partial charge in [0.05, 0.1) is 0 Å². The van der Waals surface area contributed by atoms with Gasteiger partial charge in [0.25, 0.3) is 0 Å². The summed E-state index contributed by atoms with van der Waals surface area (Å²) in [5, 5.41) is 9.81. The number of halogens is 2. The van der Waals surface area contributed by atoms with E-state index in [1.165, 1.54) is 31.4 Å². The molecule has 0 bridgehead atoms. The van der Waals surface area contributed by atoms with Crippen molar-refractivity contribution in [1.82, 2.24) is 0 Å². The number of benzene rings is 1. The second-order valence-electron chi connectivity index (χ2n) is 6.66. The zero-order valence-corrected chi connectivity index (χ0v) is 12.9. The highest BCUT2D eigenvalue weighted by Crippen LogP contribution is 2.42. The van der Waals surface area contributed by atoms with Gasteiger partial charge < -0.3 is 5.11 Å². The summed E-state index contributed by atoms with van der Waals surface area (Å²) in [5.41, 5.74) is 0.305. The average Bonchev–Trinajstić information content (AvgIpc) is 2.49. The minimum atomic E-state index is -0.544. The van der Waals surface area contributed by atoms with Crippen molar-refractivity contribution < 1.29 is 13.9 Å². The smallest absolute Gasteiger partial charge is 0.129 e. The summed E-state index contributed by atoms with van der Waals surface area (Å²) in [7, 11) is 0. The van der Waals surface area contributed by atoms with Crippen LogP contribution in [-0.4, -0.2) is 11.7 Å². The van der Waals surface area contributed by atoms with Crippen LogP contribution in [0.25, 0.3) is 0 Å². The van der Waals surface area contributed by atoms with Crippen LogP contribution in [-0.2, 0) is 6.42 Å². The highest BCUT2D eigenvalue weighted by atomic mass is 19.1. The first-order chi connectivity index (χ1) is 10.1. The molecule has 1 N–H and O–H groups in total. The van der Waals surface area contributed by atoms with Crippen LogP contribution in [0.15, 0.2) is 18.2 Å². The summed E-state index contributed by atoms with van der Waals surface area (Å²) >= 11 is 0. The normalized spacial score (nSPS) is 26.0. The lowest BCUT2D eigenvalue weighted by atomic mass is 9.67. The van der Waals surface area contributed by atoms with Crippen molar-refractivity contribution in [3.8, 4) is 0 Å². The van der Waals surface area contributed by atoms with Crippen molar-refractivity contribution in [2.75, 3.05) is 6.61 Å². The third kappa shape index (κ3) is 4.26. The van der Waals surface area contributed by atoms with Gasteiger partial charge in [-0.25, -0.2) is 8.78 Å². The summed E-state index contributed by atoms with van der Waals surface area (Å²) in [6.45, 7) is 2.29. The number of hydrogen-bond donors (Lipinski definition) is 1. The molecule has 0 saturated heterocycles. The average molecular weight is 296 g/mol. The molecule has 1 aromatic rings. The van der Waals surface area contributed by atoms with Crippen molar-refractivity contribution in [1.29, 1.82) is 0 Å². The predicted molar refractivity (Wildman–Crippen MR) is 81.1 cm³/mol. The maximum absolute atomic E-state index is 13.8. The number of hydrogen-bond acceptors (Lipinski definition) is 1. The third-order valence-corrected chi connectivity index (χ3v) is 5.05. The first-order valence-electron chi connectivity index (χ1n) is 8.13. The Morgan fingerprint density at radius 1 is 1.24 bits per heavy atom. The predicted octanol–water partition coefficient (Wildman–Crippen LogP) is 4.87. The Kier molecular flexibility index (Phi) is 5.74. The monoisotopic (exact) mass is 296 g/mol. The lowest BCUT2D eigenvalue weighted by Crippen LogP contribution is -2.33. The number of aliphatic hydroxyl groups is 1. The molecule has 3 heteroatoms. The second kappa shape index (κ2) is 7.35. The number of aliphatic hydroxyl groups excluding tert-OH is 1. The summed E-state index contributed by atoms with van der Waals surface area (Å²) in [6, 6.07) is 3.76. The van der Waals surface area contributed by atoms with Crippen LogP contribution < -0.4 is 0 Å². The van der Waals surface area contributed by atoms with Crippen molar-refractivity contribution in [2.24, 2.45) is 11.3 Å². The summed E-state index contributed by atoms with van der Waals surface area (Å²) in [4.78, 5) is 0. The first-order valence-corrected chi connectivity index (χ1v) is 8.13. The molecule has 1 aliphatic rings. The van der Waals surface area contributed by atoms with Crippen molar-refractivity contribution in [3.63, 3.8) is 0 Å². The van der Waals surface area contributed by atoms with Crippen molar-refractivity contribution in [2.45, 2.75) is 58.3 Å². The van der Waals surface area contributed by atoms with Crippen LogP contribution in [0.5, 0.6) is 0 Å². The Labute approximate surface area is 126 Å². The Bertz CT molecular complexity index is 451. The molecule has 0 heterocycles. The van der Waals surface area contributed by atoms with E-state index in [2.05, 4.69) is 6.92 Å². The Morgan fingerprint density at radius 3 is 2.52 bits per heavy atom. The fourth-order valence-corrected chi connectivity index (χ4v) is 3.53. The molecule has 1 aliphatic carbocycles. The third-order valence-electron chi connectivity index (χ3n) is 5.05. The first kappa shape index (κ1) is 16.4. The standard InChI is InChI=1S/C18H26F2O/c1-2-3-4-14-7-9-18(13-21,10-8-14)12-15-5-6-16(19)11-17(15)20/h5-6,11,14,21H,2-4,7-10,12-13H2,1H3. The lowest BCUT2D eigenvalue weighted by molar-refractivity contribution is 0.0613. The molecule has 21 heavy (non-hydrogen) atoms. The summed E-state index contributed by atoms with van der Waals surface area (Å²) < 4.78 is 26.8. The van der Waals surface area contributed by atoms with E-state index in [1.54, 1.807) is 0 Å². The minimum Gasteiger partial charge on any atom is -0.396 e. The molecule has 0 aliphatic heterocycles. The van der Waals surface area contributed by atoms with E-state index in [-0.39, 0.29) is 12.0 Å². The van der Waals surface area contributed by atoms with E-state index in [9.17, 15) is 13.9 Å². The maximum atomic E-state index is 13.8. The van der Waals surface area contributed by atoms with E-state index in [1.807, 2.05) is 0 Å². The summed E-state index contributed by atoms with van der Waals surface area (Å²) in [5.74, 6) is -0.281. The van der Waals surface area contributed by atoms with Gasteiger partial charge in [-0.3, -0.25) is 0 Å². The largest absolute Gasteiger partial charge is 0.396 e. The molecule has 0 amide bonds. The van der Waals surface area contributed by atoms with Crippen molar-refractivity contribution in [3.05, 3.63) is 35.4 Å². The Balaban J connectivity index is 1.99. The Hall–Kier alpha value is -0.960. The van der Waals surface area contributed by atoms with E-state index in [0.29, 0.717) is 12.0 Å². The molecule has 1 saturated carbocycles. The molecule has 2 rings (SSSR count). The number of rotatable bonds is 6. The van der Waals surface area contributed by atoms with E-state index in [0.717, 1.165) is 37.7 Å². The molecule has 1 fully saturated rings. The zero-order chi connectivity index (χ0) is 15.3. The highest BCUT2D eigenvalue weighted by Gasteiger charge is 2.35.